The topological polar surface area (TPSA) is 50.2 Å². The second-order valence-corrected chi connectivity index (χ2v) is 3.87. The van der Waals surface area contributed by atoms with E-state index in [2.05, 4.69) is 4.98 Å². The zero-order valence-corrected chi connectivity index (χ0v) is 7.89. The van der Waals surface area contributed by atoms with Crippen LogP contribution in [0.2, 0.25) is 5.02 Å². The van der Waals surface area contributed by atoms with Gasteiger partial charge in [-0.25, -0.2) is 9.78 Å². The number of carboxylic acid groups (broad SMARTS) is 1. The van der Waals surface area contributed by atoms with Crippen molar-refractivity contribution in [3.8, 4) is 0 Å². The zero-order chi connectivity index (χ0) is 9.42. The maximum Gasteiger partial charge on any atom is 0.345 e. The fourth-order valence-corrected chi connectivity index (χ4v) is 2.14. The maximum atomic E-state index is 10.6. The molecule has 0 fully saturated rings. The Morgan fingerprint density at radius 3 is 3.00 bits per heavy atom. The number of aromatic nitrogens is 1. The number of carbonyl (C=O) groups is 1. The van der Waals surface area contributed by atoms with Crippen LogP contribution in [0, 0.1) is 0 Å². The summed E-state index contributed by atoms with van der Waals surface area (Å²) < 4.78 is 0. The molecule has 0 amide bonds. The largest absolute Gasteiger partial charge is 0.477 e. The molecule has 2 aromatic rings. The molecule has 0 saturated heterocycles. The highest BCUT2D eigenvalue weighted by atomic mass is 35.5. The van der Waals surface area contributed by atoms with Gasteiger partial charge in [-0.05, 0) is 12.1 Å². The first-order valence-corrected chi connectivity index (χ1v) is 4.65. The van der Waals surface area contributed by atoms with Crippen LogP contribution in [-0.4, -0.2) is 16.1 Å². The van der Waals surface area contributed by atoms with Gasteiger partial charge in [0.15, 0.2) is 0 Å². The molecule has 0 aliphatic carbocycles. The Bertz CT molecular complexity index is 480. The minimum Gasteiger partial charge on any atom is -0.477 e. The Morgan fingerprint density at radius 1 is 1.62 bits per heavy atom. The summed E-state index contributed by atoms with van der Waals surface area (Å²) in [5.41, 5.74) is 0. The lowest BCUT2D eigenvalue weighted by molar-refractivity contribution is 0.0702. The number of rotatable bonds is 1. The van der Waals surface area contributed by atoms with Gasteiger partial charge in [0, 0.05) is 11.6 Å². The van der Waals surface area contributed by atoms with E-state index in [0.29, 0.717) is 15.2 Å². The summed E-state index contributed by atoms with van der Waals surface area (Å²) in [5.74, 6) is -0.945. The Labute approximate surface area is 82.6 Å². The number of nitrogens with zero attached hydrogens (tertiary/aromatic N) is 1. The summed E-state index contributed by atoms with van der Waals surface area (Å²) in [6, 6.07) is 3.18. The molecule has 5 heteroatoms. The van der Waals surface area contributed by atoms with Crippen molar-refractivity contribution in [2.24, 2.45) is 0 Å². The quantitative estimate of drug-likeness (QED) is 0.792. The monoisotopic (exact) mass is 213 g/mol. The summed E-state index contributed by atoms with van der Waals surface area (Å²) >= 11 is 6.97. The molecule has 2 heterocycles. The van der Waals surface area contributed by atoms with Gasteiger partial charge < -0.3 is 5.11 Å². The highest BCUT2D eigenvalue weighted by molar-refractivity contribution is 7.20. The summed E-state index contributed by atoms with van der Waals surface area (Å²) in [6.07, 6.45) is 1.56. The van der Waals surface area contributed by atoms with Crippen molar-refractivity contribution in [2.45, 2.75) is 0 Å². The van der Waals surface area contributed by atoms with E-state index in [1.807, 2.05) is 0 Å². The van der Waals surface area contributed by atoms with Crippen LogP contribution in [0.15, 0.2) is 18.3 Å². The van der Waals surface area contributed by atoms with E-state index in [0.717, 1.165) is 11.3 Å². The maximum absolute atomic E-state index is 10.6. The molecule has 66 valence electrons. The number of hydrogen-bond acceptors (Lipinski definition) is 3. The van der Waals surface area contributed by atoms with E-state index in [4.69, 9.17) is 16.7 Å². The van der Waals surface area contributed by atoms with Crippen molar-refractivity contribution in [2.75, 3.05) is 0 Å². The van der Waals surface area contributed by atoms with Gasteiger partial charge in [0.25, 0.3) is 0 Å². The van der Waals surface area contributed by atoms with Crippen molar-refractivity contribution in [3.05, 3.63) is 28.2 Å². The van der Waals surface area contributed by atoms with Crippen LogP contribution in [0.3, 0.4) is 0 Å². The van der Waals surface area contributed by atoms with Crippen LogP contribution in [0.5, 0.6) is 0 Å². The number of pyridine rings is 1. The first-order valence-electron chi connectivity index (χ1n) is 3.46. The molecular formula is C8H4ClNO2S. The Morgan fingerprint density at radius 2 is 2.38 bits per heavy atom. The summed E-state index contributed by atoms with van der Waals surface area (Å²) in [7, 11) is 0. The number of hydrogen-bond donors (Lipinski definition) is 1. The third-order valence-electron chi connectivity index (χ3n) is 1.59. The lowest BCUT2D eigenvalue weighted by Gasteiger charge is -1.88. The number of halogens is 1. The lowest BCUT2D eigenvalue weighted by Crippen LogP contribution is -1.89. The third kappa shape index (κ3) is 1.38. The smallest absolute Gasteiger partial charge is 0.345 e. The van der Waals surface area contributed by atoms with Gasteiger partial charge in [-0.2, -0.15) is 0 Å². The van der Waals surface area contributed by atoms with Gasteiger partial charge in [0.2, 0.25) is 0 Å². The fraction of sp³-hybridized carbons (Fsp3) is 0. The van der Waals surface area contributed by atoms with Gasteiger partial charge in [-0.15, -0.1) is 11.3 Å². The molecule has 0 saturated carbocycles. The van der Waals surface area contributed by atoms with Gasteiger partial charge in [0.05, 0.1) is 5.02 Å². The van der Waals surface area contributed by atoms with Crippen LogP contribution in [0.1, 0.15) is 9.67 Å². The summed E-state index contributed by atoms with van der Waals surface area (Å²) in [6.45, 7) is 0. The zero-order valence-electron chi connectivity index (χ0n) is 6.32. The third-order valence-corrected chi connectivity index (χ3v) is 2.95. The fourth-order valence-electron chi connectivity index (χ4n) is 1.01. The van der Waals surface area contributed by atoms with Crippen LogP contribution < -0.4 is 0 Å². The molecule has 0 radical (unpaired) electrons. The highest BCUT2D eigenvalue weighted by Gasteiger charge is 2.10. The lowest BCUT2D eigenvalue weighted by atomic mass is 10.3. The van der Waals surface area contributed by atoms with Crippen LogP contribution in [-0.2, 0) is 0 Å². The number of carboxylic acids is 1. The van der Waals surface area contributed by atoms with E-state index >= 15 is 0 Å². The molecule has 0 bridgehead atoms. The minimum absolute atomic E-state index is 0.260. The second kappa shape index (κ2) is 2.97. The molecule has 0 aromatic carbocycles. The van der Waals surface area contributed by atoms with Gasteiger partial charge in [-0.1, -0.05) is 11.6 Å². The van der Waals surface area contributed by atoms with Crippen LogP contribution >= 0.6 is 22.9 Å². The van der Waals surface area contributed by atoms with Crippen molar-refractivity contribution >= 4 is 39.1 Å². The van der Waals surface area contributed by atoms with E-state index in [1.165, 1.54) is 6.07 Å². The average molecular weight is 214 g/mol. The van der Waals surface area contributed by atoms with Gasteiger partial charge in [-0.3, -0.25) is 0 Å². The van der Waals surface area contributed by atoms with Gasteiger partial charge >= 0.3 is 5.97 Å². The van der Waals surface area contributed by atoms with Crippen molar-refractivity contribution < 1.29 is 9.90 Å². The molecule has 2 rings (SSSR count). The predicted molar refractivity (Wildman–Crippen MR) is 51.6 cm³/mol. The molecule has 0 aliphatic heterocycles. The molecule has 1 N–H and O–H groups in total. The summed E-state index contributed by atoms with van der Waals surface area (Å²) in [4.78, 5) is 15.6. The predicted octanol–water partition coefficient (Wildman–Crippen LogP) is 2.65. The van der Waals surface area contributed by atoms with E-state index in [1.54, 1.807) is 12.3 Å². The van der Waals surface area contributed by atoms with Crippen LogP contribution in [0.4, 0.5) is 0 Å². The Kier molecular flexibility index (Phi) is 1.94. The Balaban J connectivity index is 2.75. The molecule has 0 spiro atoms. The Hall–Kier alpha value is -1.13. The van der Waals surface area contributed by atoms with E-state index < -0.39 is 5.97 Å². The SMILES string of the molecule is O=C(O)c1cc2c(Cl)ccnc2s1. The normalized spacial score (nSPS) is 10.5. The average Bonchev–Trinajstić information content (AvgIpc) is 2.49. The van der Waals surface area contributed by atoms with Crippen molar-refractivity contribution in [1.82, 2.24) is 4.98 Å². The van der Waals surface area contributed by atoms with Crippen LogP contribution in [0.25, 0.3) is 10.2 Å². The molecular weight excluding hydrogens is 210 g/mol. The molecule has 3 nitrogen and oxygen atoms in total. The molecule has 0 atom stereocenters. The first-order chi connectivity index (χ1) is 6.18. The molecule has 0 unspecified atom stereocenters. The number of aromatic carboxylic acids is 1. The molecule has 0 aliphatic rings. The number of fused-ring (bicyclic) bond motifs is 1. The van der Waals surface area contributed by atoms with Crippen molar-refractivity contribution in [3.63, 3.8) is 0 Å². The van der Waals surface area contributed by atoms with E-state index in [-0.39, 0.29) is 4.88 Å². The van der Waals surface area contributed by atoms with Gasteiger partial charge in [0.1, 0.15) is 9.71 Å². The number of thiophene rings is 1. The summed E-state index contributed by atoms with van der Waals surface area (Å²) in [5, 5.41) is 9.95. The second-order valence-electron chi connectivity index (χ2n) is 2.43. The van der Waals surface area contributed by atoms with Crippen molar-refractivity contribution in [1.29, 1.82) is 0 Å². The highest BCUT2D eigenvalue weighted by Crippen LogP contribution is 2.28. The molecule has 2 aromatic heterocycles. The standard InChI is InChI=1S/C8H4ClNO2S/c9-5-1-2-10-7-4(5)3-6(13-7)8(11)12/h1-3H,(H,11,12). The first kappa shape index (κ1) is 8.47. The molecule has 13 heavy (non-hydrogen) atoms. The minimum atomic E-state index is -0.945. The van der Waals surface area contributed by atoms with E-state index in [9.17, 15) is 4.79 Å².